The lowest BCUT2D eigenvalue weighted by Gasteiger charge is -2.20. The SMILES string of the molecule is CC(C)(C)NC(N)=NCCCc1c[nH]c2ccccc12. The highest BCUT2D eigenvalue weighted by atomic mass is 15.1. The fraction of sp³-hybridized carbons (Fsp3) is 0.438. The Morgan fingerprint density at radius 2 is 2.05 bits per heavy atom. The summed E-state index contributed by atoms with van der Waals surface area (Å²) in [5.74, 6) is 0.524. The predicted octanol–water partition coefficient (Wildman–Crippen LogP) is 2.80. The van der Waals surface area contributed by atoms with Gasteiger partial charge in [-0.05, 0) is 45.2 Å². The van der Waals surface area contributed by atoms with E-state index in [9.17, 15) is 0 Å². The first-order chi connectivity index (χ1) is 9.46. The summed E-state index contributed by atoms with van der Waals surface area (Å²) in [4.78, 5) is 7.66. The largest absolute Gasteiger partial charge is 0.370 e. The predicted molar refractivity (Wildman–Crippen MR) is 86.0 cm³/mol. The van der Waals surface area contributed by atoms with Crippen LogP contribution in [0.4, 0.5) is 0 Å². The first-order valence-electron chi connectivity index (χ1n) is 7.09. The molecule has 1 heterocycles. The first kappa shape index (κ1) is 14.4. The number of fused-ring (bicyclic) bond motifs is 1. The van der Waals surface area contributed by atoms with Crippen LogP contribution >= 0.6 is 0 Å². The van der Waals surface area contributed by atoms with E-state index in [4.69, 9.17) is 5.73 Å². The van der Waals surface area contributed by atoms with E-state index in [-0.39, 0.29) is 5.54 Å². The van der Waals surface area contributed by atoms with Gasteiger partial charge in [-0.15, -0.1) is 0 Å². The van der Waals surface area contributed by atoms with E-state index in [0.29, 0.717) is 5.96 Å². The van der Waals surface area contributed by atoms with Gasteiger partial charge in [-0.25, -0.2) is 0 Å². The molecule has 4 N–H and O–H groups in total. The fourth-order valence-electron chi connectivity index (χ4n) is 2.23. The minimum Gasteiger partial charge on any atom is -0.370 e. The highest BCUT2D eigenvalue weighted by molar-refractivity contribution is 5.83. The molecule has 0 saturated heterocycles. The molecule has 0 fully saturated rings. The van der Waals surface area contributed by atoms with Gasteiger partial charge >= 0.3 is 0 Å². The van der Waals surface area contributed by atoms with Crippen molar-refractivity contribution in [1.29, 1.82) is 0 Å². The maximum Gasteiger partial charge on any atom is 0.188 e. The molecule has 0 saturated carbocycles. The Morgan fingerprint density at radius 3 is 2.80 bits per heavy atom. The summed E-state index contributed by atoms with van der Waals surface area (Å²) in [7, 11) is 0. The van der Waals surface area contributed by atoms with Crippen LogP contribution < -0.4 is 11.1 Å². The van der Waals surface area contributed by atoms with Crippen molar-refractivity contribution in [2.45, 2.75) is 39.2 Å². The number of aromatic amines is 1. The van der Waals surface area contributed by atoms with E-state index in [1.807, 2.05) is 6.07 Å². The smallest absolute Gasteiger partial charge is 0.188 e. The summed E-state index contributed by atoms with van der Waals surface area (Å²) >= 11 is 0. The quantitative estimate of drug-likeness (QED) is 0.455. The second-order valence-corrected chi connectivity index (χ2v) is 6.11. The average molecular weight is 272 g/mol. The maximum atomic E-state index is 5.84. The molecular formula is C16H24N4. The number of nitrogens with zero attached hydrogens (tertiary/aromatic N) is 1. The van der Waals surface area contributed by atoms with E-state index in [1.165, 1.54) is 16.5 Å². The van der Waals surface area contributed by atoms with E-state index in [2.05, 4.69) is 60.5 Å². The zero-order chi connectivity index (χ0) is 14.6. The van der Waals surface area contributed by atoms with Crippen LogP contribution in [0.15, 0.2) is 35.5 Å². The molecule has 1 aromatic carbocycles. The summed E-state index contributed by atoms with van der Waals surface area (Å²) in [5, 5.41) is 4.47. The molecule has 0 amide bonds. The molecule has 0 atom stereocenters. The standard InChI is InChI=1S/C16H24N4/c1-16(2,3)20-15(17)18-10-6-7-12-11-19-14-9-5-4-8-13(12)14/h4-5,8-9,11,19H,6-7,10H2,1-3H3,(H3,17,18,20). The summed E-state index contributed by atoms with van der Waals surface area (Å²) in [5.41, 5.74) is 8.35. The Kier molecular flexibility index (Phi) is 4.32. The van der Waals surface area contributed by atoms with Crippen LogP contribution in [0, 0.1) is 0 Å². The molecular weight excluding hydrogens is 248 g/mol. The maximum absolute atomic E-state index is 5.84. The van der Waals surface area contributed by atoms with Crippen molar-refractivity contribution >= 4 is 16.9 Å². The lowest BCUT2D eigenvalue weighted by Crippen LogP contribution is -2.45. The third kappa shape index (κ3) is 4.02. The molecule has 0 bridgehead atoms. The van der Waals surface area contributed by atoms with Crippen LogP contribution in [-0.2, 0) is 6.42 Å². The number of aliphatic imine (C=N–C) groups is 1. The van der Waals surface area contributed by atoms with Crippen molar-refractivity contribution in [3.63, 3.8) is 0 Å². The molecule has 0 unspecified atom stereocenters. The van der Waals surface area contributed by atoms with Gasteiger partial charge in [0.25, 0.3) is 0 Å². The molecule has 0 spiro atoms. The Morgan fingerprint density at radius 1 is 1.30 bits per heavy atom. The monoisotopic (exact) mass is 272 g/mol. The zero-order valence-corrected chi connectivity index (χ0v) is 12.5. The molecule has 4 nitrogen and oxygen atoms in total. The van der Waals surface area contributed by atoms with Crippen LogP contribution in [-0.4, -0.2) is 23.0 Å². The molecule has 4 heteroatoms. The Hall–Kier alpha value is -1.97. The number of nitrogens with one attached hydrogen (secondary N) is 2. The van der Waals surface area contributed by atoms with Gasteiger partial charge in [-0.1, -0.05) is 18.2 Å². The number of guanidine groups is 1. The number of hydrogen-bond donors (Lipinski definition) is 3. The molecule has 0 aliphatic rings. The summed E-state index contributed by atoms with van der Waals surface area (Å²) in [6.07, 6.45) is 4.09. The van der Waals surface area contributed by atoms with Gasteiger partial charge in [-0.3, -0.25) is 4.99 Å². The van der Waals surface area contributed by atoms with Gasteiger partial charge in [-0.2, -0.15) is 0 Å². The van der Waals surface area contributed by atoms with Gasteiger partial charge in [0.15, 0.2) is 5.96 Å². The van der Waals surface area contributed by atoms with Crippen LogP contribution in [0.25, 0.3) is 10.9 Å². The third-order valence-corrected chi connectivity index (χ3v) is 3.06. The molecule has 0 aliphatic heterocycles. The van der Waals surface area contributed by atoms with E-state index < -0.39 is 0 Å². The zero-order valence-electron chi connectivity index (χ0n) is 12.5. The number of aryl methyl sites for hydroxylation is 1. The number of para-hydroxylation sites is 1. The highest BCUT2D eigenvalue weighted by Gasteiger charge is 2.09. The summed E-state index contributed by atoms with van der Waals surface area (Å²) in [6.45, 7) is 6.96. The summed E-state index contributed by atoms with van der Waals surface area (Å²) < 4.78 is 0. The average Bonchev–Trinajstić information content (AvgIpc) is 2.76. The third-order valence-electron chi connectivity index (χ3n) is 3.06. The Bertz CT molecular complexity index is 590. The van der Waals surface area contributed by atoms with Crippen molar-refractivity contribution in [3.8, 4) is 0 Å². The lowest BCUT2D eigenvalue weighted by molar-refractivity contribution is 0.508. The molecule has 108 valence electrons. The van der Waals surface area contributed by atoms with E-state index >= 15 is 0 Å². The van der Waals surface area contributed by atoms with Crippen molar-refractivity contribution in [2.24, 2.45) is 10.7 Å². The number of H-pyrrole nitrogens is 1. The van der Waals surface area contributed by atoms with Crippen molar-refractivity contribution in [1.82, 2.24) is 10.3 Å². The van der Waals surface area contributed by atoms with E-state index in [1.54, 1.807) is 0 Å². The van der Waals surface area contributed by atoms with Crippen molar-refractivity contribution in [3.05, 3.63) is 36.0 Å². The molecule has 1 aromatic heterocycles. The van der Waals surface area contributed by atoms with Gasteiger partial charge < -0.3 is 16.0 Å². The van der Waals surface area contributed by atoms with Gasteiger partial charge in [0.1, 0.15) is 0 Å². The van der Waals surface area contributed by atoms with Crippen molar-refractivity contribution in [2.75, 3.05) is 6.54 Å². The molecule has 20 heavy (non-hydrogen) atoms. The minimum absolute atomic E-state index is 0.0373. The number of rotatable bonds is 4. The molecule has 0 aliphatic carbocycles. The second-order valence-electron chi connectivity index (χ2n) is 6.11. The van der Waals surface area contributed by atoms with Crippen LogP contribution in [0.3, 0.4) is 0 Å². The number of hydrogen-bond acceptors (Lipinski definition) is 1. The van der Waals surface area contributed by atoms with Gasteiger partial charge in [0.05, 0.1) is 0 Å². The molecule has 2 rings (SSSR count). The van der Waals surface area contributed by atoms with Crippen molar-refractivity contribution < 1.29 is 0 Å². The van der Waals surface area contributed by atoms with Crippen LogP contribution in [0.1, 0.15) is 32.8 Å². The van der Waals surface area contributed by atoms with Crippen LogP contribution in [0.5, 0.6) is 0 Å². The topological polar surface area (TPSA) is 66.2 Å². The molecule has 0 radical (unpaired) electrons. The Balaban J connectivity index is 1.86. The highest BCUT2D eigenvalue weighted by Crippen LogP contribution is 2.18. The van der Waals surface area contributed by atoms with E-state index in [0.717, 1.165) is 19.4 Å². The first-order valence-corrected chi connectivity index (χ1v) is 7.09. The normalized spacial score (nSPS) is 12.8. The minimum atomic E-state index is -0.0373. The van der Waals surface area contributed by atoms with Gasteiger partial charge in [0, 0.05) is 29.2 Å². The Labute approximate surface area is 120 Å². The summed E-state index contributed by atoms with van der Waals surface area (Å²) in [6, 6.07) is 8.37. The second kappa shape index (κ2) is 5.99. The number of benzene rings is 1. The number of aromatic nitrogens is 1. The fourth-order valence-corrected chi connectivity index (χ4v) is 2.23. The van der Waals surface area contributed by atoms with Gasteiger partial charge in [0.2, 0.25) is 0 Å². The number of nitrogens with two attached hydrogens (primary N) is 1. The van der Waals surface area contributed by atoms with Crippen LogP contribution in [0.2, 0.25) is 0 Å². The lowest BCUT2D eigenvalue weighted by atomic mass is 10.1. The molecule has 2 aromatic rings.